The van der Waals surface area contributed by atoms with Crippen LogP contribution in [0.1, 0.15) is 43.4 Å². The number of nitrogens with two attached hydrogens (primary N) is 1. The molecule has 4 aromatic carbocycles. The van der Waals surface area contributed by atoms with E-state index in [1.165, 1.54) is 0 Å². The van der Waals surface area contributed by atoms with Crippen molar-refractivity contribution in [1.82, 2.24) is 16.0 Å². The third kappa shape index (κ3) is 8.81. The molecule has 4 aromatic rings. The van der Waals surface area contributed by atoms with Crippen molar-refractivity contribution in [3.8, 4) is 11.1 Å². The molecule has 258 valence electrons. The van der Waals surface area contributed by atoms with Crippen molar-refractivity contribution < 1.29 is 29.7 Å². The number of β-amino-alcohol motifs (C(OH)–C–C–N with tert-alkyl or cyclic N) is 1. The zero-order chi connectivity index (χ0) is 35.1. The molecule has 0 spiro atoms. The monoisotopic (exact) mass is 667 g/mol. The van der Waals surface area contributed by atoms with Crippen molar-refractivity contribution in [2.45, 2.75) is 70.0 Å². The Morgan fingerprint density at radius 1 is 0.959 bits per heavy atom. The van der Waals surface area contributed by atoms with Crippen molar-refractivity contribution in [2.24, 2.45) is 5.73 Å². The van der Waals surface area contributed by atoms with Crippen LogP contribution in [-0.4, -0.2) is 70.1 Å². The Morgan fingerprint density at radius 2 is 1.67 bits per heavy atom. The van der Waals surface area contributed by atoms with Gasteiger partial charge in [0.2, 0.25) is 11.8 Å². The molecule has 11 heteroatoms. The summed E-state index contributed by atoms with van der Waals surface area (Å²) < 4.78 is 0. The molecule has 0 fully saturated rings. The first kappa shape index (κ1) is 35.5. The lowest BCUT2D eigenvalue weighted by atomic mass is 9.97. The molecule has 1 heterocycles. The standard InChI is InChI=1S/C38H45N5O6/c1-38(2,41-21-33(45)34(46)23-44)19-35(47)42-31-17-16-30-29-10-6-3-7-25(29)15-18-32(30)43(36(31)48)22-24-11-13-26(14-12-24)28-9-5-4-8-27(28)20-40-37(39)49/h3-15,18,31,33-34,41,44-46H,16-17,19-23H2,1-2H3,(H,42,47)(H3,39,40,49)/t31-,33?,34?/m1/s1. The smallest absolute Gasteiger partial charge is 0.312 e. The zero-order valence-electron chi connectivity index (χ0n) is 27.9. The van der Waals surface area contributed by atoms with E-state index in [0.29, 0.717) is 25.9 Å². The van der Waals surface area contributed by atoms with Crippen LogP contribution < -0.4 is 26.6 Å². The summed E-state index contributed by atoms with van der Waals surface area (Å²) in [6, 6.07) is 26.4. The van der Waals surface area contributed by atoms with Gasteiger partial charge in [0, 0.05) is 30.7 Å². The predicted octanol–water partition coefficient (Wildman–Crippen LogP) is 3.11. The number of aryl methyl sites for hydroxylation is 1. The molecule has 0 aromatic heterocycles. The average molecular weight is 668 g/mol. The maximum Gasteiger partial charge on any atom is 0.312 e. The summed E-state index contributed by atoms with van der Waals surface area (Å²) in [7, 11) is 0. The lowest BCUT2D eigenvalue weighted by Gasteiger charge is -2.30. The Hall–Kier alpha value is -4.81. The second-order valence-electron chi connectivity index (χ2n) is 13.2. The molecule has 0 saturated heterocycles. The van der Waals surface area contributed by atoms with Gasteiger partial charge in [-0.05, 0) is 71.3 Å². The minimum atomic E-state index is -1.29. The number of carbonyl (C=O) groups is 3. The van der Waals surface area contributed by atoms with Gasteiger partial charge in [-0.2, -0.15) is 0 Å². The molecule has 4 amide bonds. The van der Waals surface area contributed by atoms with Crippen LogP contribution in [0.4, 0.5) is 10.5 Å². The largest absolute Gasteiger partial charge is 0.394 e. The maximum atomic E-state index is 14.3. The van der Waals surface area contributed by atoms with Crippen LogP contribution in [0.15, 0.2) is 84.9 Å². The van der Waals surface area contributed by atoms with Crippen molar-refractivity contribution >= 4 is 34.3 Å². The Morgan fingerprint density at radius 3 is 2.41 bits per heavy atom. The predicted molar refractivity (Wildman–Crippen MR) is 189 cm³/mol. The van der Waals surface area contributed by atoms with Crippen LogP contribution in [0.25, 0.3) is 21.9 Å². The lowest BCUT2D eigenvalue weighted by Crippen LogP contribution is -2.52. The van der Waals surface area contributed by atoms with Gasteiger partial charge in [0.25, 0.3) is 0 Å². The van der Waals surface area contributed by atoms with Crippen LogP contribution >= 0.6 is 0 Å². The summed E-state index contributed by atoms with van der Waals surface area (Å²) >= 11 is 0. The lowest BCUT2D eigenvalue weighted by molar-refractivity contribution is -0.128. The summed E-state index contributed by atoms with van der Waals surface area (Å²) in [5.74, 6) is -0.528. The molecule has 1 aliphatic heterocycles. The van der Waals surface area contributed by atoms with Crippen LogP contribution in [0.2, 0.25) is 0 Å². The molecule has 1 aliphatic rings. The summed E-state index contributed by atoms with van der Waals surface area (Å²) in [6.07, 6.45) is -1.45. The fourth-order valence-electron chi connectivity index (χ4n) is 6.31. The van der Waals surface area contributed by atoms with Crippen molar-refractivity contribution in [3.05, 3.63) is 102 Å². The molecule has 11 nitrogen and oxygen atoms in total. The number of rotatable bonds is 13. The molecular formula is C38H45N5O6. The number of primary amides is 1. The summed E-state index contributed by atoms with van der Waals surface area (Å²) in [5, 5.41) is 39.7. The van der Waals surface area contributed by atoms with E-state index in [1.807, 2.05) is 78.9 Å². The van der Waals surface area contributed by atoms with Crippen molar-refractivity contribution in [3.63, 3.8) is 0 Å². The maximum absolute atomic E-state index is 14.3. The normalized spacial score (nSPS) is 16.1. The number of amides is 4. The number of nitrogens with one attached hydrogen (secondary N) is 3. The fraction of sp³-hybridized carbons (Fsp3) is 0.342. The van der Waals surface area contributed by atoms with E-state index < -0.39 is 36.4 Å². The highest BCUT2D eigenvalue weighted by molar-refractivity contribution is 6.03. The third-order valence-corrected chi connectivity index (χ3v) is 8.99. The van der Waals surface area contributed by atoms with Gasteiger partial charge >= 0.3 is 6.03 Å². The SMILES string of the molecule is CC(C)(CC(=O)N[C@@H]1CCc2c(ccc3ccccc23)N(Cc2ccc(-c3ccccc3CNC(N)=O)cc2)C1=O)NCC(O)C(O)CO. The highest BCUT2D eigenvalue weighted by Crippen LogP contribution is 2.35. The Labute approximate surface area is 286 Å². The number of urea groups is 1. The van der Waals surface area contributed by atoms with Gasteiger partial charge in [-0.25, -0.2) is 4.79 Å². The van der Waals surface area contributed by atoms with E-state index >= 15 is 0 Å². The summed E-state index contributed by atoms with van der Waals surface area (Å²) in [6.45, 7) is 3.59. The number of aliphatic hydroxyl groups is 3. The minimum Gasteiger partial charge on any atom is -0.394 e. The Balaban J connectivity index is 1.38. The third-order valence-electron chi connectivity index (χ3n) is 8.99. The topological polar surface area (TPSA) is 177 Å². The number of nitrogens with zero attached hydrogens (tertiary/aromatic N) is 1. The summed E-state index contributed by atoms with van der Waals surface area (Å²) in [4.78, 5) is 40.7. The van der Waals surface area contributed by atoms with Crippen LogP contribution in [0.3, 0.4) is 0 Å². The van der Waals surface area contributed by atoms with Crippen LogP contribution in [0.5, 0.6) is 0 Å². The minimum absolute atomic E-state index is 0.0187. The van der Waals surface area contributed by atoms with Gasteiger partial charge in [0.15, 0.2) is 0 Å². The molecule has 5 rings (SSSR count). The molecular weight excluding hydrogens is 622 g/mol. The summed E-state index contributed by atoms with van der Waals surface area (Å²) in [5.41, 5.74) is 10.1. The van der Waals surface area contributed by atoms with Gasteiger partial charge < -0.3 is 41.9 Å². The van der Waals surface area contributed by atoms with E-state index in [0.717, 1.165) is 44.3 Å². The number of carbonyl (C=O) groups excluding carboxylic acids is 3. The first-order valence-corrected chi connectivity index (χ1v) is 16.5. The van der Waals surface area contributed by atoms with Gasteiger partial charge in [0.05, 0.1) is 19.3 Å². The van der Waals surface area contributed by atoms with Gasteiger partial charge in [-0.15, -0.1) is 0 Å². The first-order valence-electron chi connectivity index (χ1n) is 16.5. The quantitative estimate of drug-likeness (QED) is 0.115. The van der Waals surface area contributed by atoms with E-state index in [4.69, 9.17) is 10.8 Å². The first-order chi connectivity index (χ1) is 23.5. The highest BCUT2D eigenvalue weighted by Gasteiger charge is 2.33. The van der Waals surface area contributed by atoms with E-state index in [2.05, 4.69) is 22.0 Å². The zero-order valence-corrected chi connectivity index (χ0v) is 27.9. The number of anilines is 1. The molecule has 0 saturated carbocycles. The molecule has 49 heavy (non-hydrogen) atoms. The molecule has 0 bridgehead atoms. The Kier molecular flexibility index (Phi) is 11.3. The number of fused-ring (bicyclic) bond motifs is 3. The van der Waals surface area contributed by atoms with Crippen molar-refractivity contribution in [1.29, 1.82) is 0 Å². The Bertz CT molecular complexity index is 1790. The second kappa shape index (κ2) is 15.6. The number of benzene rings is 4. The molecule has 3 atom stereocenters. The fourth-order valence-corrected chi connectivity index (χ4v) is 6.31. The average Bonchev–Trinajstić information content (AvgIpc) is 3.22. The van der Waals surface area contributed by atoms with Gasteiger partial charge in [-0.3, -0.25) is 9.59 Å². The van der Waals surface area contributed by atoms with Gasteiger partial charge in [0.1, 0.15) is 12.1 Å². The second-order valence-corrected chi connectivity index (χ2v) is 13.2. The van der Waals surface area contributed by atoms with E-state index in [-0.39, 0.29) is 24.8 Å². The van der Waals surface area contributed by atoms with Gasteiger partial charge in [-0.1, -0.05) is 78.9 Å². The van der Waals surface area contributed by atoms with Crippen LogP contribution in [0, 0.1) is 0 Å². The van der Waals surface area contributed by atoms with Crippen LogP contribution in [-0.2, 0) is 29.1 Å². The number of hydrogen-bond donors (Lipinski definition) is 7. The molecule has 8 N–H and O–H groups in total. The van der Waals surface area contributed by atoms with E-state index in [1.54, 1.807) is 18.7 Å². The van der Waals surface area contributed by atoms with E-state index in [9.17, 15) is 24.6 Å². The number of hydrogen-bond acceptors (Lipinski definition) is 7. The molecule has 2 unspecified atom stereocenters. The number of aliphatic hydroxyl groups excluding tert-OH is 3. The highest BCUT2D eigenvalue weighted by atomic mass is 16.4. The van der Waals surface area contributed by atoms with Crippen molar-refractivity contribution in [2.75, 3.05) is 18.1 Å². The molecule has 0 radical (unpaired) electrons. The molecule has 0 aliphatic carbocycles.